The topological polar surface area (TPSA) is 81.7 Å². The second kappa shape index (κ2) is 7.81. The minimum atomic E-state index is -0.584. The molecule has 1 aromatic carbocycles. The molecule has 0 heterocycles. The largest absolute Gasteiger partial charge is 0.465 e. The van der Waals surface area contributed by atoms with E-state index in [1.165, 1.54) is 69.9 Å². The molecule has 1 atom stereocenters. The van der Waals surface area contributed by atoms with Gasteiger partial charge in [-0.1, -0.05) is 0 Å². The van der Waals surface area contributed by atoms with Crippen molar-refractivity contribution < 1.29 is 23.9 Å². The zero-order valence-corrected chi connectivity index (χ0v) is 17.1. The van der Waals surface area contributed by atoms with Crippen LogP contribution in [0.2, 0.25) is 0 Å². The van der Waals surface area contributed by atoms with E-state index in [1.807, 2.05) is 0 Å². The van der Waals surface area contributed by atoms with E-state index in [0.29, 0.717) is 11.1 Å². The van der Waals surface area contributed by atoms with Crippen LogP contribution in [0.1, 0.15) is 66.2 Å². The van der Waals surface area contributed by atoms with Gasteiger partial charge in [0.15, 0.2) is 6.61 Å². The van der Waals surface area contributed by atoms with Crippen LogP contribution in [0, 0.1) is 23.2 Å². The number of nitrogens with one attached hydrogen (secondary N) is 1. The van der Waals surface area contributed by atoms with E-state index in [1.54, 1.807) is 0 Å². The lowest BCUT2D eigenvalue weighted by Crippen LogP contribution is -2.56. The molecular formula is C23H29NO5. The molecule has 156 valence electrons. The summed E-state index contributed by atoms with van der Waals surface area (Å²) in [5.41, 5.74) is 0.865. The molecule has 0 spiro atoms. The normalized spacial score (nSPS) is 30.5. The Morgan fingerprint density at radius 1 is 0.966 bits per heavy atom. The Bertz CT molecular complexity index is 765. The van der Waals surface area contributed by atoms with Crippen molar-refractivity contribution in [2.24, 2.45) is 23.2 Å². The third kappa shape index (κ3) is 4.02. The van der Waals surface area contributed by atoms with Crippen molar-refractivity contribution in [2.45, 2.75) is 51.5 Å². The predicted octanol–water partition coefficient (Wildman–Crippen LogP) is 3.35. The van der Waals surface area contributed by atoms with E-state index in [0.717, 1.165) is 17.8 Å². The molecule has 4 aliphatic rings. The second-order valence-electron chi connectivity index (χ2n) is 9.21. The summed E-state index contributed by atoms with van der Waals surface area (Å²) >= 11 is 0. The zero-order chi connectivity index (χ0) is 20.6. The monoisotopic (exact) mass is 399 g/mol. The van der Waals surface area contributed by atoms with Gasteiger partial charge >= 0.3 is 11.9 Å². The summed E-state index contributed by atoms with van der Waals surface area (Å²) in [5.74, 6) is 1.17. The van der Waals surface area contributed by atoms with Crippen LogP contribution in [0.4, 0.5) is 0 Å². The molecule has 0 aromatic heterocycles. The quantitative estimate of drug-likeness (QED) is 0.742. The van der Waals surface area contributed by atoms with E-state index in [2.05, 4.69) is 17.0 Å². The average molecular weight is 399 g/mol. The van der Waals surface area contributed by atoms with Gasteiger partial charge in [0.05, 0.1) is 18.2 Å². The number of benzene rings is 1. The number of amides is 1. The fraction of sp³-hybridized carbons (Fsp3) is 0.609. The van der Waals surface area contributed by atoms with Crippen molar-refractivity contribution in [2.75, 3.05) is 13.7 Å². The van der Waals surface area contributed by atoms with Crippen molar-refractivity contribution in [1.82, 2.24) is 5.32 Å². The third-order valence-electron chi connectivity index (χ3n) is 7.26. The number of carbonyl (C=O) groups is 3. The molecule has 0 saturated heterocycles. The van der Waals surface area contributed by atoms with Gasteiger partial charge in [0.1, 0.15) is 0 Å². The zero-order valence-electron chi connectivity index (χ0n) is 17.1. The first kappa shape index (κ1) is 19.9. The highest BCUT2D eigenvalue weighted by molar-refractivity contribution is 5.94. The molecule has 6 heteroatoms. The summed E-state index contributed by atoms with van der Waals surface area (Å²) in [6.45, 7) is 1.81. The highest BCUT2D eigenvalue weighted by Crippen LogP contribution is 2.61. The molecule has 29 heavy (non-hydrogen) atoms. The van der Waals surface area contributed by atoms with E-state index in [9.17, 15) is 14.4 Å². The number of ether oxygens (including phenoxy) is 2. The number of hydrogen-bond acceptors (Lipinski definition) is 5. The molecule has 1 N–H and O–H groups in total. The van der Waals surface area contributed by atoms with Crippen LogP contribution in [-0.2, 0) is 14.3 Å². The van der Waals surface area contributed by atoms with Gasteiger partial charge in [0.25, 0.3) is 5.91 Å². The lowest BCUT2D eigenvalue weighted by atomic mass is 9.48. The van der Waals surface area contributed by atoms with Crippen LogP contribution in [-0.4, -0.2) is 37.6 Å². The maximum absolute atomic E-state index is 12.4. The fourth-order valence-corrected chi connectivity index (χ4v) is 6.22. The van der Waals surface area contributed by atoms with Crippen LogP contribution in [0.15, 0.2) is 24.3 Å². The van der Waals surface area contributed by atoms with Gasteiger partial charge in [-0.25, -0.2) is 9.59 Å². The van der Waals surface area contributed by atoms with Crippen molar-refractivity contribution in [3.05, 3.63) is 35.4 Å². The minimum Gasteiger partial charge on any atom is -0.465 e. The minimum absolute atomic E-state index is 0.0986. The van der Waals surface area contributed by atoms with Gasteiger partial charge in [-0.15, -0.1) is 0 Å². The molecule has 4 aliphatic carbocycles. The molecule has 4 bridgehead atoms. The summed E-state index contributed by atoms with van der Waals surface area (Å²) in [4.78, 5) is 36.1. The Morgan fingerprint density at radius 2 is 1.45 bits per heavy atom. The first-order valence-corrected chi connectivity index (χ1v) is 10.5. The van der Waals surface area contributed by atoms with Gasteiger partial charge < -0.3 is 14.8 Å². The van der Waals surface area contributed by atoms with E-state index < -0.39 is 11.9 Å². The number of hydrogen-bond donors (Lipinski definition) is 1. The maximum atomic E-state index is 12.4. The summed E-state index contributed by atoms with van der Waals surface area (Å²) in [7, 11) is 1.30. The van der Waals surface area contributed by atoms with Crippen molar-refractivity contribution in [3.63, 3.8) is 0 Å². The molecule has 1 aromatic rings. The highest BCUT2D eigenvalue weighted by Gasteiger charge is 2.53. The van der Waals surface area contributed by atoms with E-state index >= 15 is 0 Å². The van der Waals surface area contributed by atoms with Crippen molar-refractivity contribution in [3.8, 4) is 0 Å². The summed E-state index contributed by atoms with van der Waals surface area (Å²) in [6.07, 6.45) is 7.75. The molecule has 0 radical (unpaired) electrons. The smallest absolute Gasteiger partial charge is 0.338 e. The number of rotatable bonds is 6. The molecular weight excluding hydrogens is 370 g/mol. The van der Waals surface area contributed by atoms with Crippen LogP contribution < -0.4 is 5.32 Å². The molecule has 4 fully saturated rings. The number of carbonyl (C=O) groups excluding carboxylic acids is 3. The summed E-state index contributed by atoms with van der Waals surface area (Å²) in [6, 6.07) is 6.08. The van der Waals surface area contributed by atoms with E-state index in [4.69, 9.17) is 4.74 Å². The first-order valence-electron chi connectivity index (χ1n) is 10.5. The second-order valence-corrected chi connectivity index (χ2v) is 9.21. The summed E-state index contributed by atoms with van der Waals surface area (Å²) in [5, 5.41) is 3.10. The average Bonchev–Trinajstić information content (AvgIpc) is 2.70. The Morgan fingerprint density at radius 3 is 1.93 bits per heavy atom. The van der Waals surface area contributed by atoms with Crippen LogP contribution in [0.25, 0.3) is 0 Å². The van der Waals surface area contributed by atoms with Crippen molar-refractivity contribution in [1.29, 1.82) is 0 Å². The molecule has 5 rings (SSSR count). The Hall–Kier alpha value is -2.37. The van der Waals surface area contributed by atoms with Crippen LogP contribution in [0.3, 0.4) is 0 Å². The predicted molar refractivity (Wildman–Crippen MR) is 106 cm³/mol. The number of esters is 2. The Labute approximate surface area is 171 Å². The van der Waals surface area contributed by atoms with Gasteiger partial charge in [-0.05, 0) is 92.9 Å². The molecule has 0 unspecified atom stereocenters. The lowest BCUT2D eigenvalue weighted by molar-refractivity contribution is -0.128. The first-order chi connectivity index (χ1) is 13.9. The fourth-order valence-electron chi connectivity index (χ4n) is 6.22. The third-order valence-corrected chi connectivity index (χ3v) is 7.26. The van der Waals surface area contributed by atoms with Crippen LogP contribution >= 0.6 is 0 Å². The standard InChI is InChI=1S/C23H29NO5/c1-14(23-10-15-7-16(11-23)9-17(8-15)12-23)24-20(25)13-29-22(27)19-5-3-18(4-6-19)21(26)28-2/h3-6,14-17H,7-13H2,1-2H3,(H,24,25)/t14-,15?,16?,17?,23?/m1/s1. The van der Waals surface area contributed by atoms with Gasteiger partial charge in [-0.2, -0.15) is 0 Å². The Kier molecular flexibility index (Phi) is 5.36. The maximum Gasteiger partial charge on any atom is 0.338 e. The van der Waals surface area contributed by atoms with Gasteiger partial charge in [-0.3, -0.25) is 4.79 Å². The van der Waals surface area contributed by atoms with E-state index in [-0.39, 0.29) is 24.0 Å². The van der Waals surface area contributed by atoms with Gasteiger partial charge in [0, 0.05) is 6.04 Å². The Balaban J connectivity index is 1.29. The summed E-state index contributed by atoms with van der Waals surface area (Å²) < 4.78 is 9.80. The molecule has 6 nitrogen and oxygen atoms in total. The number of methoxy groups -OCH3 is 1. The lowest BCUT2D eigenvalue weighted by Gasteiger charge is -2.59. The van der Waals surface area contributed by atoms with Gasteiger partial charge in [0.2, 0.25) is 0 Å². The molecule has 0 aliphatic heterocycles. The van der Waals surface area contributed by atoms with Crippen molar-refractivity contribution >= 4 is 17.8 Å². The molecule has 1 amide bonds. The van der Waals surface area contributed by atoms with Crippen LogP contribution in [0.5, 0.6) is 0 Å². The highest BCUT2D eigenvalue weighted by atomic mass is 16.5. The molecule has 4 saturated carbocycles. The SMILES string of the molecule is COC(=O)c1ccc(C(=O)OCC(=O)N[C@H](C)C23CC4CC(CC(C4)C2)C3)cc1.